The second kappa shape index (κ2) is 7.09. The van der Waals surface area contributed by atoms with E-state index in [1.165, 1.54) is 0 Å². The predicted molar refractivity (Wildman–Crippen MR) is 84.9 cm³/mol. The third kappa shape index (κ3) is 3.95. The Morgan fingerprint density at radius 1 is 1.14 bits per heavy atom. The van der Waals surface area contributed by atoms with Gasteiger partial charge in [-0.2, -0.15) is 0 Å². The number of aliphatic hydroxyl groups excluding tert-OH is 1. The summed E-state index contributed by atoms with van der Waals surface area (Å²) in [7, 11) is 3.98. The summed E-state index contributed by atoms with van der Waals surface area (Å²) in [4.78, 5) is 6.16. The van der Waals surface area contributed by atoms with Crippen molar-refractivity contribution >= 4 is 5.69 Å². The van der Waals surface area contributed by atoms with Crippen molar-refractivity contribution in [3.05, 3.63) is 53.9 Å². The maximum atomic E-state index is 10.5. The van der Waals surface area contributed by atoms with Crippen molar-refractivity contribution in [1.29, 1.82) is 0 Å². The Morgan fingerprint density at radius 2 is 1.86 bits per heavy atom. The first kappa shape index (κ1) is 15.3. The van der Waals surface area contributed by atoms with Crippen LogP contribution in [0, 0.1) is 0 Å². The quantitative estimate of drug-likeness (QED) is 0.886. The fourth-order valence-electron chi connectivity index (χ4n) is 2.03. The Balaban J connectivity index is 2.16. The van der Waals surface area contributed by atoms with Crippen molar-refractivity contribution in [3.8, 4) is 5.75 Å². The van der Waals surface area contributed by atoms with Gasteiger partial charge in [-0.15, -0.1) is 0 Å². The van der Waals surface area contributed by atoms with Gasteiger partial charge in [0.15, 0.2) is 0 Å². The van der Waals surface area contributed by atoms with E-state index in [0.717, 1.165) is 23.2 Å². The van der Waals surface area contributed by atoms with Crippen LogP contribution >= 0.6 is 0 Å². The van der Waals surface area contributed by atoms with Gasteiger partial charge in [-0.3, -0.25) is 4.98 Å². The molecule has 2 rings (SSSR count). The van der Waals surface area contributed by atoms with Gasteiger partial charge in [-0.1, -0.05) is 19.1 Å². The summed E-state index contributed by atoms with van der Waals surface area (Å²) in [6.07, 6.45) is 3.59. The van der Waals surface area contributed by atoms with E-state index in [1.54, 1.807) is 12.4 Å². The molecule has 1 atom stereocenters. The van der Waals surface area contributed by atoms with Gasteiger partial charge in [0.1, 0.15) is 11.9 Å². The molecule has 21 heavy (non-hydrogen) atoms. The topological polar surface area (TPSA) is 45.6 Å². The number of hydrogen-bond donors (Lipinski definition) is 1. The molecule has 0 aliphatic heterocycles. The summed E-state index contributed by atoms with van der Waals surface area (Å²) >= 11 is 0. The fourth-order valence-corrected chi connectivity index (χ4v) is 2.03. The highest BCUT2D eigenvalue weighted by Gasteiger charge is 2.12. The lowest BCUT2D eigenvalue weighted by atomic mass is 10.0. The van der Waals surface area contributed by atoms with Crippen LogP contribution in [-0.2, 0) is 0 Å². The fraction of sp³-hybridized carbons (Fsp3) is 0.353. The van der Waals surface area contributed by atoms with Gasteiger partial charge < -0.3 is 14.7 Å². The number of pyridine rings is 1. The number of nitrogens with zero attached hydrogens (tertiary/aromatic N) is 2. The second-order valence-corrected chi connectivity index (χ2v) is 5.19. The highest BCUT2D eigenvalue weighted by Crippen LogP contribution is 2.25. The van der Waals surface area contributed by atoms with Crippen LogP contribution in [0.25, 0.3) is 0 Å². The van der Waals surface area contributed by atoms with Gasteiger partial charge in [0.25, 0.3) is 0 Å². The van der Waals surface area contributed by atoms with Gasteiger partial charge in [0, 0.05) is 31.5 Å². The van der Waals surface area contributed by atoms with E-state index in [-0.39, 0.29) is 0 Å². The van der Waals surface area contributed by atoms with Gasteiger partial charge in [-0.05, 0) is 30.2 Å². The van der Waals surface area contributed by atoms with Gasteiger partial charge >= 0.3 is 0 Å². The molecule has 0 saturated heterocycles. The molecule has 4 nitrogen and oxygen atoms in total. The minimum absolute atomic E-state index is 0.652. The van der Waals surface area contributed by atoms with Crippen LogP contribution < -0.4 is 9.64 Å². The number of anilines is 1. The molecule has 0 fully saturated rings. The molecule has 2 aromatic rings. The predicted octanol–water partition coefficient (Wildman–Crippen LogP) is 3.02. The molecule has 1 aromatic heterocycles. The molecule has 0 saturated carbocycles. The van der Waals surface area contributed by atoms with Gasteiger partial charge in [0.2, 0.25) is 0 Å². The van der Waals surface area contributed by atoms with Crippen molar-refractivity contribution in [2.45, 2.75) is 19.4 Å². The summed E-state index contributed by atoms with van der Waals surface area (Å²) < 4.78 is 5.55. The molecular weight excluding hydrogens is 264 g/mol. The smallest absolute Gasteiger partial charge is 0.137 e. The molecule has 1 unspecified atom stereocenters. The first-order chi connectivity index (χ1) is 10.1. The Labute approximate surface area is 126 Å². The second-order valence-electron chi connectivity index (χ2n) is 5.19. The first-order valence-electron chi connectivity index (χ1n) is 7.15. The lowest BCUT2D eigenvalue weighted by molar-refractivity contribution is 0.218. The number of hydrogen-bond acceptors (Lipinski definition) is 4. The van der Waals surface area contributed by atoms with E-state index in [2.05, 4.69) is 11.9 Å². The van der Waals surface area contributed by atoms with E-state index < -0.39 is 6.10 Å². The number of rotatable bonds is 6. The largest absolute Gasteiger partial charge is 0.492 e. The highest BCUT2D eigenvalue weighted by molar-refractivity contribution is 5.47. The summed E-state index contributed by atoms with van der Waals surface area (Å²) in [6.45, 7) is 2.71. The average molecular weight is 286 g/mol. The van der Waals surface area contributed by atoms with Crippen molar-refractivity contribution in [2.75, 3.05) is 25.6 Å². The molecule has 0 radical (unpaired) electrons. The number of benzene rings is 1. The molecule has 0 aliphatic carbocycles. The normalized spacial score (nSPS) is 12.0. The SMILES string of the molecule is CCCOc1cncc(C(O)c2ccc(N(C)C)cc2)c1. The lowest BCUT2D eigenvalue weighted by Gasteiger charge is -2.16. The zero-order valence-corrected chi connectivity index (χ0v) is 12.8. The standard InChI is InChI=1S/C17H22N2O2/c1-4-9-21-16-10-14(11-18-12-16)17(20)13-5-7-15(8-6-13)19(2)3/h5-8,10-12,17,20H,4,9H2,1-3H3. The molecule has 1 N–H and O–H groups in total. The van der Waals surface area contributed by atoms with E-state index in [9.17, 15) is 5.11 Å². The Morgan fingerprint density at radius 3 is 2.48 bits per heavy atom. The van der Waals surface area contributed by atoms with Crippen LogP contribution in [0.1, 0.15) is 30.6 Å². The average Bonchev–Trinajstić information content (AvgIpc) is 2.52. The number of aromatic nitrogens is 1. The third-order valence-corrected chi connectivity index (χ3v) is 3.25. The van der Waals surface area contributed by atoms with Crippen LogP contribution in [-0.4, -0.2) is 30.8 Å². The van der Waals surface area contributed by atoms with Gasteiger partial charge in [0.05, 0.1) is 12.8 Å². The lowest BCUT2D eigenvalue weighted by Crippen LogP contribution is -2.09. The molecular formula is C17H22N2O2. The van der Waals surface area contributed by atoms with E-state index in [0.29, 0.717) is 12.4 Å². The number of ether oxygens (including phenoxy) is 1. The summed E-state index contributed by atoms with van der Waals surface area (Å²) in [5, 5.41) is 10.5. The van der Waals surface area contributed by atoms with Crippen LogP contribution in [0.2, 0.25) is 0 Å². The van der Waals surface area contributed by atoms with Crippen molar-refractivity contribution < 1.29 is 9.84 Å². The van der Waals surface area contributed by atoms with Crippen molar-refractivity contribution in [2.24, 2.45) is 0 Å². The molecule has 0 aliphatic rings. The van der Waals surface area contributed by atoms with Crippen LogP contribution in [0.3, 0.4) is 0 Å². The molecule has 112 valence electrons. The van der Waals surface area contributed by atoms with E-state index >= 15 is 0 Å². The summed E-state index contributed by atoms with van der Waals surface area (Å²) in [6, 6.07) is 9.68. The van der Waals surface area contributed by atoms with Crippen LogP contribution in [0.4, 0.5) is 5.69 Å². The molecule has 1 aromatic carbocycles. The monoisotopic (exact) mass is 286 g/mol. The van der Waals surface area contributed by atoms with Gasteiger partial charge in [-0.25, -0.2) is 0 Å². The minimum atomic E-state index is -0.695. The minimum Gasteiger partial charge on any atom is -0.492 e. The zero-order valence-electron chi connectivity index (χ0n) is 12.8. The van der Waals surface area contributed by atoms with E-state index in [4.69, 9.17) is 4.74 Å². The number of aliphatic hydroxyl groups is 1. The third-order valence-electron chi connectivity index (χ3n) is 3.25. The maximum absolute atomic E-state index is 10.5. The van der Waals surface area contributed by atoms with Crippen molar-refractivity contribution in [3.63, 3.8) is 0 Å². The summed E-state index contributed by atoms with van der Waals surface area (Å²) in [5.74, 6) is 0.693. The summed E-state index contributed by atoms with van der Waals surface area (Å²) in [5.41, 5.74) is 2.68. The molecule has 4 heteroatoms. The molecule has 0 bridgehead atoms. The Bertz CT molecular complexity index is 567. The van der Waals surface area contributed by atoms with Crippen molar-refractivity contribution in [1.82, 2.24) is 4.98 Å². The zero-order chi connectivity index (χ0) is 15.2. The molecule has 0 amide bonds. The Hall–Kier alpha value is -2.07. The maximum Gasteiger partial charge on any atom is 0.137 e. The van der Waals surface area contributed by atoms with Crippen LogP contribution in [0.5, 0.6) is 5.75 Å². The van der Waals surface area contributed by atoms with E-state index in [1.807, 2.05) is 49.3 Å². The Kier molecular flexibility index (Phi) is 5.17. The first-order valence-corrected chi connectivity index (χ1v) is 7.15. The van der Waals surface area contributed by atoms with Crippen LogP contribution in [0.15, 0.2) is 42.7 Å². The molecule has 0 spiro atoms. The molecule has 1 heterocycles. The highest BCUT2D eigenvalue weighted by atomic mass is 16.5.